The molecule has 1 atom stereocenters. The van der Waals surface area contributed by atoms with Gasteiger partial charge in [0.1, 0.15) is 5.60 Å². The molecule has 1 aromatic carbocycles. The lowest BCUT2D eigenvalue weighted by Gasteiger charge is -2.53. The van der Waals surface area contributed by atoms with Crippen molar-refractivity contribution in [3.8, 4) is 5.75 Å². The van der Waals surface area contributed by atoms with Crippen LogP contribution in [0.25, 0.3) is 0 Å². The molecular formula is C17H22FNO4. The van der Waals surface area contributed by atoms with Crippen molar-refractivity contribution < 1.29 is 23.4 Å². The number of methoxy groups -OCH3 is 1. The second kappa shape index (κ2) is 6.45. The average molecular weight is 323 g/mol. The van der Waals surface area contributed by atoms with Crippen molar-refractivity contribution in [2.24, 2.45) is 0 Å². The van der Waals surface area contributed by atoms with E-state index in [2.05, 4.69) is 0 Å². The van der Waals surface area contributed by atoms with Crippen LogP contribution in [0.15, 0.2) is 18.2 Å². The zero-order chi connectivity index (χ0) is 16.4. The van der Waals surface area contributed by atoms with Gasteiger partial charge in [-0.1, -0.05) is 0 Å². The summed E-state index contributed by atoms with van der Waals surface area (Å²) in [6.45, 7) is 4.39. The van der Waals surface area contributed by atoms with Gasteiger partial charge < -0.3 is 19.1 Å². The molecule has 3 rings (SSSR count). The van der Waals surface area contributed by atoms with Crippen molar-refractivity contribution in [2.45, 2.75) is 31.5 Å². The Labute approximate surface area is 135 Å². The lowest BCUT2D eigenvalue weighted by molar-refractivity contribution is -0.185. The monoisotopic (exact) mass is 323 g/mol. The quantitative estimate of drug-likeness (QED) is 0.853. The maximum absolute atomic E-state index is 13.7. The van der Waals surface area contributed by atoms with Crippen LogP contribution >= 0.6 is 0 Å². The van der Waals surface area contributed by atoms with Gasteiger partial charge in [-0.15, -0.1) is 0 Å². The lowest BCUT2D eigenvalue weighted by atomic mass is 9.84. The molecule has 2 aliphatic heterocycles. The van der Waals surface area contributed by atoms with Crippen LogP contribution in [0.2, 0.25) is 0 Å². The van der Waals surface area contributed by atoms with Crippen LogP contribution in [0.3, 0.4) is 0 Å². The Kier molecular flexibility index (Phi) is 4.55. The van der Waals surface area contributed by atoms with E-state index in [1.807, 2.05) is 6.92 Å². The van der Waals surface area contributed by atoms with E-state index in [0.29, 0.717) is 31.9 Å². The molecule has 2 saturated heterocycles. The molecule has 5 nitrogen and oxygen atoms in total. The molecule has 2 aliphatic rings. The third-order valence-corrected chi connectivity index (χ3v) is 4.49. The molecule has 0 N–H and O–H groups in total. The summed E-state index contributed by atoms with van der Waals surface area (Å²) in [5.74, 6) is -0.574. The van der Waals surface area contributed by atoms with E-state index in [-0.39, 0.29) is 23.4 Å². The molecule has 2 heterocycles. The summed E-state index contributed by atoms with van der Waals surface area (Å²) in [4.78, 5) is 14.1. The van der Waals surface area contributed by atoms with Crippen LogP contribution in [0.4, 0.5) is 4.39 Å². The molecule has 23 heavy (non-hydrogen) atoms. The van der Waals surface area contributed by atoms with E-state index in [1.54, 1.807) is 11.0 Å². The summed E-state index contributed by atoms with van der Waals surface area (Å²) >= 11 is 0. The fourth-order valence-electron chi connectivity index (χ4n) is 3.36. The summed E-state index contributed by atoms with van der Waals surface area (Å²) in [6.07, 6.45) is 1.90. The summed E-state index contributed by atoms with van der Waals surface area (Å²) in [5.41, 5.74) is 0.0361. The highest BCUT2D eigenvalue weighted by molar-refractivity contribution is 5.95. The molecule has 126 valence electrons. The zero-order valence-electron chi connectivity index (χ0n) is 13.5. The largest absolute Gasteiger partial charge is 0.494 e. The van der Waals surface area contributed by atoms with E-state index >= 15 is 0 Å². The van der Waals surface area contributed by atoms with Crippen molar-refractivity contribution in [1.29, 1.82) is 0 Å². The highest BCUT2D eigenvalue weighted by Crippen LogP contribution is 2.36. The highest BCUT2D eigenvalue weighted by atomic mass is 19.1. The van der Waals surface area contributed by atoms with Crippen LogP contribution in [-0.2, 0) is 9.47 Å². The summed E-state index contributed by atoms with van der Waals surface area (Å²) < 4.78 is 30.2. The number of ether oxygens (including phenoxy) is 3. The third-order valence-electron chi connectivity index (χ3n) is 4.49. The van der Waals surface area contributed by atoms with Gasteiger partial charge in [-0.2, -0.15) is 0 Å². The molecule has 1 spiro atoms. The van der Waals surface area contributed by atoms with Crippen molar-refractivity contribution >= 4 is 5.91 Å². The smallest absolute Gasteiger partial charge is 0.254 e. The molecular weight excluding hydrogens is 301 g/mol. The first-order valence-corrected chi connectivity index (χ1v) is 7.95. The van der Waals surface area contributed by atoms with Gasteiger partial charge in [0.05, 0.1) is 26.3 Å². The van der Waals surface area contributed by atoms with Gasteiger partial charge in [0, 0.05) is 25.2 Å². The Morgan fingerprint density at radius 1 is 1.48 bits per heavy atom. The second-order valence-corrected chi connectivity index (χ2v) is 6.11. The number of amides is 1. The van der Waals surface area contributed by atoms with E-state index in [0.717, 1.165) is 12.8 Å². The number of hydrogen-bond donors (Lipinski definition) is 0. The molecule has 0 unspecified atom stereocenters. The fraction of sp³-hybridized carbons (Fsp3) is 0.588. The standard InChI is InChI=1S/C17H22FNO4/c1-3-22-13-6-7-23-17(9-13)10-19(11-17)16(20)12-4-5-15(21-2)14(18)8-12/h4-5,8,13H,3,6-7,9-11H2,1-2H3/t13-/m0/s1. The first kappa shape index (κ1) is 16.2. The Balaban J connectivity index is 1.62. The minimum absolute atomic E-state index is 0.136. The summed E-state index contributed by atoms with van der Waals surface area (Å²) in [5, 5.41) is 0. The van der Waals surface area contributed by atoms with Crippen molar-refractivity contribution in [1.82, 2.24) is 4.90 Å². The third kappa shape index (κ3) is 3.19. The van der Waals surface area contributed by atoms with Crippen LogP contribution in [-0.4, -0.2) is 55.9 Å². The van der Waals surface area contributed by atoms with Crippen LogP contribution < -0.4 is 4.74 Å². The van der Waals surface area contributed by atoms with Gasteiger partial charge in [-0.05, 0) is 31.5 Å². The molecule has 0 saturated carbocycles. The summed E-state index contributed by atoms with van der Waals surface area (Å²) in [7, 11) is 1.40. The topological polar surface area (TPSA) is 48.0 Å². The molecule has 1 aromatic rings. The Bertz CT molecular complexity index is 584. The van der Waals surface area contributed by atoms with Crippen molar-refractivity contribution in [3.05, 3.63) is 29.6 Å². The zero-order valence-corrected chi connectivity index (χ0v) is 13.5. The number of carbonyl (C=O) groups is 1. The molecule has 0 aliphatic carbocycles. The molecule has 0 radical (unpaired) electrons. The minimum atomic E-state index is -0.529. The van der Waals surface area contributed by atoms with E-state index in [4.69, 9.17) is 14.2 Å². The van der Waals surface area contributed by atoms with E-state index in [9.17, 15) is 9.18 Å². The normalized spacial score (nSPS) is 22.7. The molecule has 2 fully saturated rings. The number of nitrogens with zero attached hydrogens (tertiary/aromatic N) is 1. The van der Waals surface area contributed by atoms with Gasteiger partial charge in [0.25, 0.3) is 5.91 Å². The van der Waals surface area contributed by atoms with Gasteiger partial charge in [-0.25, -0.2) is 4.39 Å². The predicted molar refractivity (Wildman–Crippen MR) is 82.2 cm³/mol. The fourth-order valence-corrected chi connectivity index (χ4v) is 3.36. The number of benzene rings is 1. The van der Waals surface area contributed by atoms with Gasteiger partial charge in [0.15, 0.2) is 11.6 Å². The number of likely N-dealkylation sites (tertiary alicyclic amines) is 1. The average Bonchev–Trinajstić information content (AvgIpc) is 2.52. The van der Waals surface area contributed by atoms with Crippen LogP contribution in [0.5, 0.6) is 5.75 Å². The van der Waals surface area contributed by atoms with E-state index < -0.39 is 5.82 Å². The molecule has 0 bridgehead atoms. The Morgan fingerprint density at radius 3 is 2.91 bits per heavy atom. The number of rotatable bonds is 4. The van der Waals surface area contributed by atoms with Gasteiger partial charge >= 0.3 is 0 Å². The molecule has 6 heteroatoms. The maximum atomic E-state index is 13.7. The maximum Gasteiger partial charge on any atom is 0.254 e. The number of hydrogen-bond acceptors (Lipinski definition) is 4. The SMILES string of the molecule is CCO[C@H]1CCOC2(C1)CN(C(=O)c1ccc(OC)c(F)c1)C2. The first-order chi connectivity index (χ1) is 11.1. The Hall–Kier alpha value is -1.66. The van der Waals surface area contributed by atoms with Crippen molar-refractivity contribution in [3.63, 3.8) is 0 Å². The highest BCUT2D eigenvalue weighted by Gasteiger charge is 2.49. The molecule has 0 aromatic heterocycles. The summed E-state index contributed by atoms with van der Waals surface area (Å²) in [6, 6.07) is 4.28. The van der Waals surface area contributed by atoms with E-state index in [1.165, 1.54) is 19.2 Å². The van der Waals surface area contributed by atoms with Crippen LogP contribution in [0.1, 0.15) is 30.1 Å². The second-order valence-electron chi connectivity index (χ2n) is 6.11. The Morgan fingerprint density at radius 2 is 2.26 bits per heavy atom. The lowest BCUT2D eigenvalue weighted by Crippen LogP contribution is -2.67. The number of halogens is 1. The number of carbonyl (C=O) groups excluding carboxylic acids is 1. The predicted octanol–water partition coefficient (Wildman–Crippen LogP) is 2.24. The first-order valence-electron chi connectivity index (χ1n) is 7.95. The van der Waals surface area contributed by atoms with Crippen LogP contribution in [0, 0.1) is 5.82 Å². The molecule has 1 amide bonds. The minimum Gasteiger partial charge on any atom is -0.494 e. The van der Waals surface area contributed by atoms with Gasteiger partial charge in [0.2, 0.25) is 0 Å². The van der Waals surface area contributed by atoms with Crippen molar-refractivity contribution in [2.75, 3.05) is 33.4 Å². The van der Waals surface area contributed by atoms with Gasteiger partial charge in [-0.3, -0.25) is 4.79 Å².